The minimum Gasteiger partial charge on any atom is -0.465 e. The van der Waals surface area contributed by atoms with Crippen LogP contribution in [0.2, 0.25) is 0 Å². The van der Waals surface area contributed by atoms with E-state index >= 15 is 0 Å². The highest BCUT2D eigenvalue weighted by atomic mass is 16.6. The van der Waals surface area contributed by atoms with Gasteiger partial charge in [-0.05, 0) is 33.6 Å². The molecule has 0 spiro atoms. The van der Waals surface area contributed by atoms with Gasteiger partial charge in [0.15, 0.2) is 0 Å². The molecule has 4 nitrogen and oxygen atoms in total. The van der Waals surface area contributed by atoms with E-state index in [2.05, 4.69) is 0 Å². The van der Waals surface area contributed by atoms with Crippen LogP contribution in [0.15, 0.2) is 0 Å². The van der Waals surface area contributed by atoms with Gasteiger partial charge in [0.2, 0.25) is 0 Å². The number of esters is 2. The number of ether oxygens (including phenoxy) is 2. The molecule has 1 heterocycles. The molecule has 1 saturated heterocycles. The molecular formula is C12H20O4. The van der Waals surface area contributed by atoms with Gasteiger partial charge in [-0.3, -0.25) is 9.59 Å². The fourth-order valence-corrected chi connectivity index (χ4v) is 1.49. The van der Waals surface area contributed by atoms with Crippen molar-refractivity contribution in [2.45, 2.75) is 46.6 Å². The molecule has 0 aromatic rings. The Hall–Kier alpha value is -1.06. The summed E-state index contributed by atoms with van der Waals surface area (Å²) in [5.74, 6) is -0.798. The van der Waals surface area contributed by atoms with Crippen LogP contribution in [0, 0.1) is 11.3 Å². The second-order valence-electron chi connectivity index (χ2n) is 4.91. The second-order valence-corrected chi connectivity index (χ2v) is 4.91. The smallest absolute Gasteiger partial charge is 0.312 e. The van der Waals surface area contributed by atoms with E-state index < -0.39 is 11.5 Å². The van der Waals surface area contributed by atoms with Gasteiger partial charge in [0.05, 0.1) is 17.9 Å². The molecule has 0 bridgehead atoms. The molecule has 4 heteroatoms. The van der Waals surface area contributed by atoms with E-state index in [1.165, 1.54) is 0 Å². The third kappa shape index (κ3) is 2.74. The molecule has 1 fully saturated rings. The molecule has 92 valence electrons. The van der Waals surface area contributed by atoms with Crippen LogP contribution in [0.25, 0.3) is 0 Å². The van der Waals surface area contributed by atoms with E-state index in [9.17, 15) is 9.59 Å². The first-order valence-corrected chi connectivity index (χ1v) is 5.76. The van der Waals surface area contributed by atoms with Crippen molar-refractivity contribution < 1.29 is 19.1 Å². The van der Waals surface area contributed by atoms with Crippen molar-refractivity contribution in [1.82, 2.24) is 0 Å². The zero-order chi connectivity index (χ0) is 12.3. The summed E-state index contributed by atoms with van der Waals surface area (Å²) in [5.41, 5.74) is -0.489. The normalized spacial score (nSPS) is 22.8. The van der Waals surface area contributed by atoms with Crippen molar-refractivity contribution >= 4 is 11.9 Å². The van der Waals surface area contributed by atoms with Crippen LogP contribution in [0.1, 0.15) is 40.5 Å². The highest BCUT2D eigenvalue weighted by molar-refractivity contribution is 5.78. The predicted octanol–water partition coefficient (Wildman–Crippen LogP) is 1.92. The molecule has 2 atom stereocenters. The molecule has 0 amide bonds. The van der Waals surface area contributed by atoms with Crippen molar-refractivity contribution in [2.75, 3.05) is 6.61 Å². The van der Waals surface area contributed by atoms with Crippen molar-refractivity contribution in [2.24, 2.45) is 11.3 Å². The predicted molar refractivity (Wildman–Crippen MR) is 58.7 cm³/mol. The summed E-state index contributed by atoms with van der Waals surface area (Å²) < 4.78 is 10.2. The monoisotopic (exact) mass is 228 g/mol. The molecule has 0 saturated carbocycles. The maximum Gasteiger partial charge on any atom is 0.312 e. The Morgan fingerprint density at radius 2 is 2.25 bits per heavy atom. The molecule has 0 aliphatic carbocycles. The number of hydrogen-bond acceptors (Lipinski definition) is 4. The van der Waals surface area contributed by atoms with Crippen molar-refractivity contribution in [3.63, 3.8) is 0 Å². The fraction of sp³-hybridized carbons (Fsp3) is 0.833. The van der Waals surface area contributed by atoms with Crippen LogP contribution >= 0.6 is 0 Å². The Morgan fingerprint density at radius 1 is 1.62 bits per heavy atom. The molecule has 1 rings (SSSR count). The number of hydrogen-bond donors (Lipinski definition) is 0. The van der Waals surface area contributed by atoms with Crippen LogP contribution in [0.4, 0.5) is 0 Å². The van der Waals surface area contributed by atoms with E-state index in [1.807, 2.05) is 20.8 Å². The Balaban J connectivity index is 2.54. The highest BCUT2D eigenvalue weighted by Gasteiger charge is 2.36. The van der Waals surface area contributed by atoms with E-state index in [1.54, 1.807) is 6.92 Å². The van der Waals surface area contributed by atoms with Crippen LogP contribution in [-0.2, 0) is 19.1 Å². The van der Waals surface area contributed by atoms with Crippen LogP contribution in [-0.4, -0.2) is 24.6 Å². The lowest BCUT2D eigenvalue weighted by Gasteiger charge is -2.25. The van der Waals surface area contributed by atoms with Crippen LogP contribution < -0.4 is 0 Å². The van der Waals surface area contributed by atoms with E-state index in [-0.39, 0.29) is 17.9 Å². The molecule has 0 aromatic carbocycles. The third-order valence-electron chi connectivity index (χ3n) is 3.27. The lowest BCUT2D eigenvalue weighted by atomic mass is 9.90. The van der Waals surface area contributed by atoms with Gasteiger partial charge in [0.1, 0.15) is 6.10 Å². The summed E-state index contributed by atoms with van der Waals surface area (Å²) in [6.45, 7) is 7.81. The molecule has 1 aliphatic rings. The Kier molecular flexibility index (Phi) is 3.94. The SMILES string of the molecule is CCC(C)(C)C(=O)OC(C)C1CCOC1=O. The first-order chi connectivity index (χ1) is 7.38. The van der Waals surface area contributed by atoms with Gasteiger partial charge in [0, 0.05) is 0 Å². The summed E-state index contributed by atoms with van der Waals surface area (Å²) in [6, 6.07) is 0. The summed E-state index contributed by atoms with van der Waals surface area (Å²) in [7, 11) is 0. The maximum atomic E-state index is 11.8. The molecule has 0 aromatic heterocycles. The van der Waals surface area contributed by atoms with Crippen molar-refractivity contribution in [1.29, 1.82) is 0 Å². The zero-order valence-corrected chi connectivity index (χ0v) is 10.4. The van der Waals surface area contributed by atoms with Gasteiger partial charge in [-0.15, -0.1) is 0 Å². The molecular weight excluding hydrogens is 208 g/mol. The van der Waals surface area contributed by atoms with Crippen LogP contribution in [0.3, 0.4) is 0 Å². The first-order valence-electron chi connectivity index (χ1n) is 5.76. The van der Waals surface area contributed by atoms with Crippen molar-refractivity contribution in [3.05, 3.63) is 0 Å². The van der Waals surface area contributed by atoms with Gasteiger partial charge < -0.3 is 9.47 Å². The Morgan fingerprint density at radius 3 is 2.69 bits per heavy atom. The zero-order valence-electron chi connectivity index (χ0n) is 10.4. The van der Waals surface area contributed by atoms with E-state index in [0.717, 1.165) is 0 Å². The topological polar surface area (TPSA) is 52.6 Å². The number of cyclic esters (lactones) is 1. The average Bonchev–Trinajstić information content (AvgIpc) is 2.64. The molecule has 16 heavy (non-hydrogen) atoms. The van der Waals surface area contributed by atoms with Gasteiger partial charge in [-0.1, -0.05) is 6.92 Å². The molecule has 0 radical (unpaired) electrons. The molecule has 1 aliphatic heterocycles. The quantitative estimate of drug-likeness (QED) is 0.690. The largest absolute Gasteiger partial charge is 0.465 e. The standard InChI is InChI=1S/C12H20O4/c1-5-12(3,4)11(14)16-8(2)9-6-7-15-10(9)13/h8-9H,5-7H2,1-4H3. The van der Waals surface area contributed by atoms with Crippen molar-refractivity contribution in [3.8, 4) is 0 Å². The molecule has 0 N–H and O–H groups in total. The lowest BCUT2D eigenvalue weighted by molar-refractivity contribution is -0.163. The fourth-order valence-electron chi connectivity index (χ4n) is 1.49. The highest BCUT2D eigenvalue weighted by Crippen LogP contribution is 2.26. The van der Waals surface area contributed by atoms with Gasteiger partial charge in [-0.25, -0.2) is 0 Å². The summed E-state index contributed by atoms with van der Waals surface area (Å²) >= 11 is 0. The minimum atomic E-state index is -0.489. The lowest BCUT2D eigenvalue weighted by Crippen LogP contribution is -2.33. The van der Waals surface area contributed by atoms with E-state index in [0.29, 0.717) is 19.4 Å². The van der Waals surface area contributed by atoms with Gasteiger partial charge in [0.25, 0.3) is 0 Å². The second kappa shape index (κ2) is 4.85. The first kappa shape index (κ1) is 13.0. The number of carbonyl (C=O) groups is 2. The van der Waals surface area contributed by atoms with E-state index in [4.69, 9.17) is 9.47 Å². The summed E-state index contributed by atoms with van der Waals surface area (Å²) in [6.07, 6.45) is 0.960. The minimum absolute atomic E-state index is 0.248. The third-order valence-corrected chi connectivity index (χ3v) is 3.27. The Bertz CT molecular complexity index is 283. The average molecular weight is 228 g/mol. The molecule has 2 unspecified atom stereocenters. The summed E-state index contributed by atoms with van der Waals surface area (Å²) in [4.78, 5) is 23.1. The summed E-state index contributed by atoms with van der Waals surface area (Å²) in [5, 5.41) is 0. The van der Waals surface area contributed by atoms with Crippen LogP contribution in [0.5, 0.6) is 0 Å². The number of carbonyl (C=O) groups excluding carboxylic acids is 2. The van der Waals surface area contributed by atoms with Gasteiger partial charge in [-0.2, -0.15) is 0 Å². The number of rotatable bonds is 4. The van der Waals surface area contributed by atoms with Gasteiger partial charge >= 0.3 is 11.9 Å². The maximum absolute atomic E-state index is 11.8. The Labute approximate surface area is 96.3 Å².